The van der Waals surface area contributed by atoms with Crippen molar-refractivity contribution in [2.75, 3.05) is 19.6 Å². The maximum absolute atomic E-state index is 12.7. The van der Waals surface area contributed by atoms with Crippen LogP contribution in [0.2, 0.25) is 0 Å². The highest BCUT2D eigenvalue weighted by Gasteiger charge is 2.53. The van der Waals surface area contributed by atoms with E-state index in [1.165, 1.54) is 0 Å². The Hall–Kier alpha value is -1.88. The van der Waals surface area contributed by atoms with E-state index in [0.29, 0.717) is 12.1 Å². The van der Waals surface area contributed by atoms with E-state index < -0.39 is 5.54 Å². The fraction of sp³-hybridized carbons (Fsp3) is 0.500. The van der Waals surface area contributed by atoms with Gasteiger partial charge in [0.05, 0.1) is 0 Å². The van der Waals surface area contributed by atoms with E-state index in [1.54, 1.807) is 12.1 Å². The molecule has 1 atom stereocenters. The van der Waals surface area contributed by atoms with Gasteiger partial charge in [-0.05, 0) is 31.9 Å². The summed E-state index contributed by atoms with van der Waals surface area (Å²) in [5, 5.41) is 6.23. The molecular weight excluding hydrogens is 266 g/mol. The van der Waals surface area contributed by atoms with Crippen molar-refractivity contribution in [3.05, 3.63) is 35.9 Å². The summed E-state index contributed by atoms with van der Waals surface area (Å²) in [6.45, 7) is 4.38. The van der Waals surface area contributed by atoms with Crippen LogP contribution in [0, 0.1) is 0 Å². The molecule has 1 aromatic rings. The van der Waals surface area contributed by atoms with Gasteiger partial charge in [-0.3, -0.25) is 9.59 Å². The number of carbonyl (C=O) groups excluding carboxylic acids is 2. The first-order valence-electron chi connectivity index (χ1n) is 7.52. The number of hydrogen-bond acceptors (Lipinski definition) is 3. The van der Waals surface area contributed by atoms with E-state index in [0.717, 1.165) is 25.9 Å². The summed E-state index contributed by atoms with van der Waals surface area (Å²) < 4.78 is 0. The molecule has 1 aliphatic heterocycles. The lowest BCUT2D eigenvalue weighted by Gasteiger charge is -2.36. The van der Waals surface area contributed by atoms with Gasteiger partial charge in [0.15, 0.2) is 0 Å². The third kappa shape index (κ3) is 2.78. The Bertz CT molecular complexity index is 540. The van der Waals surface area contributed by atoms with Crippen LogP contribution in [0.25, 0.3) is 0 Å². The Morgan fingerprint density at radius 1 is 1.29 bits per heavy atom. The lowest BCUT2D eigenvalue weighted by Crippen LogP contribution is -2.59. The Morgan fingerprint density at radius 3 is 2.62 bits per heavy atom. The van der Waals surface area contributed by atoms with Gasteiger partial charge in [-0.15, -0.1) is 0 Å². The van der Waals surface area contributed by atoms with E-state index in [4.69, 9.17) is 0 Å². The summed E-state index contributed by atoms with van der Waals surface area (Å²) in [6.07, 6.45) is 1.47. The van der Waals surface area contributed by atoms with Gasteiger partial charge in [0.25, 0.3) is 5.91 Å². The Kier molecular flexibility index (Phi) is 3.68. The standard InChI is InChI=1S/C16H21N3O2/c1-12-11-17-9-10-19(12)15(21)16(7-8-16)18-14(20)13-5-3-2-4-6-13/h2-6,12,17H,7-11H2,1H3,(H,18,20)/t12-/m0/s1. The minimum atomic E-state index is -0.668. The quantitative estimate of drug-likeness (QED) is 0.863. The summed E-state index contributed by atoms with van der Waals surface area (Å²) in [7, 11) is 0. The van der Waals surface area contributed by atoms with Gasteiger partial charge in [-0.25, -0.2) is 0 Å². The molecule has 2 amide bonds. The first kappa shape index (κ1) is 14.1. The summed E-state index contributed by atoms with van der Waals surface area (Å²) in [6, 6.07) is 9.24. The predicted octanol–water partition coefficient (Wildman–Crippen LogP) is 0.769. The molecule has 0 spiro atoms. The van der Waals surface area contributed by atoms with E-state index in [1.807, 2.05) is 30.0 Å². The highest BCUT2D eigenvalue weighted by atomic mass is 16.2. The number of nitrogens with one attached hydrogen (secondary N) is 2. The van der Waals surface area contributed by atoms with Gasteiger partial charge in [0.2, 0.25) is 5.91 Å². The number of nitrogens with zero attached hydrogens (tertiary/aromatic N) is 1. The molecule has 2 fully saturated rings. The summed E-state index contributed by atoms with van der Waals surface area (Å²) in [5.74, 6) is -0.0926. The zero-order chi connectivity index (χ0) is 14.9. The maximum atomic E-state index is 12.7. The molecule has 3 rings (SSSR count). The minimum Gasteiger partial charge on any atom is -0.338 e. The van der Waals surface area contributed by atoms with Crippen LogP contribution >= 0.6 is 0 Å². The number of benzene rings is 1. The largest absolute Gasteiger partial charge is 0.338 e. The highest BCUT2D eigenvalue weighted by Crippen LogP contribution is 2.38. The van der Waals surface area contributed by atoms with Crippen molar-refractivity contribution in [1.82, 2.24) is 15.5 Å². The molecule has 0 unspecified atom stereocenters. The summed E-state index contributed by atoms with van der Waals surface area (Å²) in [4.78, 5) is 26.9. The molecule has 0 bridgehead atoms. The Labute approximate surface area is 124 Å². The summed E-state index contributed by atoms with van der Waals surface area (Å²) >= 11 is 0. The van der Waals surface area contributed by atoms with E-state index in [9.17, 15) is 9.59 Å². The van der Waals surface area contributed by atoms with Crippen molar-refractivity contribution in [1.29, 1.82) is 0 Å². The van der Waals surface area contributed by atoms with Crippen molar-refractivity contribution < 1.29 is 9.59 Å². The second kappa shape index (κ2) is 5.48. The van der Waals surface area contributed by atoms with E-state index in [-0.39, 0.29) is 17.9 Å². The molecule has 0 radical (unpaired) electrons. The normalized spacial score (nSPS) is 23.5. The number of amides is 2. The van der Waals surface area contributed by atoms with Crippen molar-refractivity contribution >= 4 is 11.8 Å². The topological polar surface area (TPSA) is 61.4 Å². The molecule has 2 N–H and O–H groups in total. The predicted molar refractivity (Wildman–Crippen MR) is 79.9 cm³/mol. The average molecular weight is 287 g/mol. The monoisotopic (exact) mass is 287 g/mol. The van der Waals surface area contributed by atoms with Gasteiger partial charge in [0, 0.05) is 31.2 Å². The molecule has 5 heteroatoms. The first-order chi connectivity index (χ1) is 10.1. The van der Waals surface area contributed by atoms with Crippen LogP contribution < -0.4 is 10.6 Å². The van der Waals surface area contributed by atoms with Gasteiger partial charge in [-0.2, -0.15) is 0 Å². The fourth-order valence-corrected chi connectivity index (χ4v) is 2.81. The van der Waals surface area contributed by atoms with Crippen LogP contribution in [0.5, 0.6) is 0 Å². The molecule has 2 aliphatic rings. The van der Waals surface area contributed by atoms with Crippen LogP contribution in [-0.2, 0) is 4.79 Å². The molecule has 0 aromatic heterocycles. The molecule has 1 aromatic carbocycles. The number of rotatable bonds is 3. The first-order valence-corrected chi connectivity index (χ1v) is 7.52. The molecule has 21 heavy (non-hydrogen) atoms. The average Bonchev–Trinajstić information content (AvgIpc) is 3.29. The number of hydrogen-bond donors (Lipinski definition) is 2. The Balaban J connectivity index is 1.70. The smallest absolute Gasteiger partial charge is 0.252 e. The third-order valence-electron chi connectivity index (χ3n) is 4.31. The SMILES string of the molecule is C[C@H]1CNCCN1C(=O)C1(NC(=O)c2ccccc2)CC1. The molecule has 5 nitrogen and oxygen atoms in total. The van der Waals surface area contributed by atoms with Crippen molar-refractivity contribution in [3.8, 4) is 0 Å². The second-order valence-electron chi connectivity index (χ2n) is 5.95. The zero-order valence-corrected chi connectivity index (χ0v) is 12.3. The van der Waals surface area contributed by atoms with Crippen molar-refractivity contribution in [2.45, 2.75) is 31.3 Å². The molecule has 1 heterocycles. The van der Waals surface area contributed by atoms with E-state index >= 15 is 0 Å². The van der Waals surface area contributed by atoms with Crippen LogP contribution in [-0.4, -0.2) is 47.9 Å². The van der Waals surface area contributed by atoms with Crippen LogP contribution in [0.15, 0.2) is 30.3 Å². The second-order valence-corrected chi connectivity index (χ2v) is 5.95. The lowest BCUT2D eigenvalue weighted by molar-refractivity contribution is -0.137. The van der Waals surface area contributed by atoms with Crippen molar-refractivity contribution in [2.24, 2.45) is 0 Å². The molecule has 112 valence electrons. The minimum absolute atomic E-state index is 0.0702. The zero-order valence-electron chi connectivity index (χ0n) is 12.3. The molecular formula is C16H21N3O2. The summed E-state index contributed by atoms with van der Waals surface area (Å²) in [5.41, 5.74) is -0.0663. The lowest BCUT2D eigenvalue weighted by atomic mass is 10.1. The maximum Gasteiger partial charge on any atom is 0.252 e. The van der Waals surface area contributed by atoms with Gasteiger partial charge < -0.3 is 15.5 Å². The third-order valence-corrected chi connectivity index (χ3v) is 4.31. The van der Waals surface area contributed by atoms with Crippen molar-refractivity contribution in [3.63, 3.8) is 0 Å². The molecule has 1 saturated heterocycles. The number of piperazine rings is 1. The fourth-order valence-electron chi connectivity index (χ4n) is 2.81. The Morgan fingerprint density at radius 2 is 2.00 bits per heavy atom. The van der Waals surface area contributed by atoms with Crippen LogP contribution in [0.4, 0.5) is 0 Å². The highest BCUT2D eigenvalue weighted by molar-refractivity contribution is 6.00. The van der Waals surface area contributed by atoms with Gasteiger partial charge >= 0.3 is 0 Å². The van der Waals surface area contributed by atoms with Gasteiger partial charge in [0.1, 0.15) is 5.54 Å². The molecule has 1 saturated carbocycles. The number of carbonyl (C=O) groups is 2. The van der Waals surface area contributed by atoms with Crippen LogP contribution in [0.1, 0.15) is 30.1 Å². The molecule has 1 aliphatic carbocycles. The van der Waals surface area contributed by atoms with Gasteiger partial charge in [-0.1, -0.05) is 18.2 Å². The van der Waals surface area contributed by atoms with E-state index in [2.05, 4.69) is 10.6 Å². The van der Waals surface area contributed by atoms with Crippen LogP contribution in [0.3, 0.4) is 0 Å².